The Balaban J connectivity index is 0.000000247. The number of nitriles is 1. The minimum absolute atomic E-state index is 0. The predicted octanol–water partition coefficient (Wildman–Crippen LogP) is 6.19. The summed E-state index contributed by atoms with van der Waals surface area (Å²) in [5, 5.41) is 20.9. The van der Waals surface area contributed by atoms with Gasteiger partial charge in [0.1, 0.15) is 5.69 Å². The molecule has 0 aliphatic heterocycles. The van der Waals surface area contributed by atoms with E-state index in [2.05, 4.69) is 63.1 Å². The fraction of sp³-hybridized carbons (Fsp3) is 0.310. The summed E-state index contributed by atoms with van der Waals surface area (Å²) in [6.45, 7) is 9.70. The fourth-order valence-electron chi connectivity index (χ4n) is 6.18. The zero-order chi connectivity index (χ0) is 24.3. The Morgan fingerprint density at radius 2 is 1.74 bits per heavy atom. The molecule has 35 heavy (non-hydrogen) atoms. The first-order valence-electron chi connectivity index (χ1n) is 11.5. The summed E-state index contributed by atoms with van der Waals surface area (Å²) in [5.41, 5.74) is 5.23. The van der Waals surface area contributed by atoms with Gasteiger partial charge in [-0.15, -0.1) is 23.6 Å². The summed E-state index contributed by atoms with van der Waals surface area (Å²) >= 11 is 0. The molecule has 2 unspecified atom stereocenters. The Morgan fingerprint density at radius 1 is 1.03 bits per heavy atom. The van der Waals surface area contributed by atoms with Gasteiger partial charge in [0.2, 0.25) is 0 Å². The smallest absolute Gasteiger partial charge is 0.354 e. The Morgan fingerprint density at radius 3 is 2.37 bits per heavy atom. The standard InChI is InChI=1S/C23H21N2.C6H5NO2.Ir/c1-21(2)22(3)10-11-23(21,4)19-17-9-8-15-14(12-24)6-5-7-16(15)20(17)25-13-18(19)22;8-6(9)5-3-1-2-4-7-5;/h5-6,8-9,13H,10-11H2,1-4H3;1-4H,(H,8,9);/q-1;;. The SMILES string of the molecule is CC12CCC(C)(c3c1cnc1c3ccc3c(C#N)cc[c-]c31)C2(C)C.O=C(O)c1ccccn1.[Ir]. The van der Waals surface area contributed by atoms with Gasteiger partial charge in [0.05, 0.1) is 6.07 Å². The molecule has 0 saturated heterocycles. The van der Waals surface area contributed by atoms with Crippen molar-refractivity contribution >= 4 is 27.6 Å². The van der Waals surface area contributed by atoms with Gasteiger partial charge in [-0.2, -0.15) is 5.26 Å². The van der Waals surface area contributed by atoms with Crippen molar-refractivity contribution in [3.63, 3.8) is 0 Å². The third kappa shape index (κ3) is 3.33. The number of aromatic nitrogens is 2. The maximum Gasteiger partial charge on any atom is 0.354 e. The van der Waals surface area contributed by atoms with Gasteiger partial charge in [0.15, 0.2) is 0 Å². The van der Waals surface area contributed by atoms with E-state index in [1.807, 2.05) is 12.1 Å². The summed E-state index contributed by atoms with van der Waals surface area (Å²) in [6, 6.07) is 18.3. The molecule has 0 amide bonds. The zero-order valence-corrected chi connectivity index (χ0v) is 22.5. The van der Waals surface area contributed by atoms with Gasteiger partial charge in [-0.3, -0.25) is 0 Å². The van der Waals surface area contributed by atoms with Crippen molar-refractivity contribution in [1.82, 2.24) is 9.97 Å². The van der Waals surface area contributed by atoms with Crippen LogP contribution in [0.4, 0.5) is 0 Å². The first kappa shape index (κ1) is 25.0. The number of hydrogen-bond acceptors (Lipinski definition) is 4. The molecule has 6 rings (SSSR count). The van der Waals surface area contributed by atoms with E-state index >= 15 is 0 Å². The molecule has 2 aromatic heterocycles. The summed E-state index contributed by atoms with van der Waals surface area (Å²) in [5.74, 6) is -0.990. The second kappa shape index (κ2) is 8.52. The molecule has 2 atom stereocenters. The molecule has 2 bridgehead atoms. The second-order valence-electron chi connectivity index (χ2n) is 10.2. The minimum Gasteiger partial charge on any atom is -0.477 e. The first-order chi connectivity index (χ1) is 16.2. The van der Waals surface area contributed by atoms with Gasteiger partial charge in [-0.25, -0.2) is 9.78 Å². The normalized spacial score (nSPS) is 23.1. The van der Waals surface area contributed by atoms with Crippen LogP contribution in [-0.4, -0.2) is 21.0 Å². The molecule has 2 aliphatic carbocycles. The van der Waals surface area contributed by atoms with Crippen LogP contribution in [0.1, 0.15) is 67.7 Å². The van der Waals surface area contributed by atoms with E-state index in [0.29, 0.717) is 5.56 Å². The number of nitrogens with zero attached hydrogens (tertiary/aromatic N) is 3. The molecule has 179 valence electrons. The molecule has 1 radical (unpaired) electrons. The van der Waals surface area contributed by atoms with Crippen LogP contribution < -0.4 is 0 Å². The van der Waals surface area contributed by atoms with Crippen LogP contribution in [0, 0.1) is 22.8 Å². The molecule has 1 saturated carbocycles. The van der Waals surface area contributed by atoms with Crippen LogP contribution in [0.5, 0.6) is 0 Å². The molecule has 0 spiro atoms. The summed E-state index contributed by atoms with van der Waals surface area (Å²) in [7, 11) is 0. The van der Waals surface area contributed by atoms with Crippen molar-refractivity contribution in [2.24, 2.45) is 5.41 Å². The van der Waals surface area contributed by atoms with Gasteiger partial charge >= 0.3 is 5.97 Å². The van der Waals surface area contributed by atoms with Crippen molar-refractivity contribution in [2.45, 2.75) is 51.4 Å². The van der Waals surface area contributed by atoms with Crippen molar-refractivity contribution in [1.29, 1.82) is 5.26 Å². The van der Waals surface area contributed by atoms with Gasteiger partial charge in [-0.05, 0) is 63.4 Å². The van der Waals surface area contributed by atoms with Gasteiger partial charge in [0.25, 0.3) is 0 Å². The minimum atomic E-state index is -0.990. The van der Waals surface area contributed by atoms with E-state index in [1.165, 1.54) is 41.6 Å². The van der Waals surface area contributed by atoms with Gasteiger partial charge in [-0.1, -0.05) is 51.3 Å². The van der Waals surface area contributed by atoms with Crippen molar-refractivity contribution < 1.29 is 30.0 Å². The molecule has 4 aromatic rings. The largest absolute Gasteiger partial charge is 0.477 e. The van der Waals surface area contributed by atoms with E-state index in [1.54, 1.807) is 12.1 Å². The number of aromatic carboxylic acids is 1. The van der Waals surface area contributed by atoms with E-state index in [-0.39, 0.29) is 42.0 Å². The number of pyridine rings is 2. The van der Waals surface area contributed by atoms with Crippen LogP contribution in [0.2, 0.25) is 0 Å². The van der Waals surface area contributed by atoms with Crippen LogP contribution >= 0.6 is 0 Å². The zero-order valence-electron chi connectivity index (χ0n) is 20.1. The molecule has 5 nitrogen and oxygen atoms in total. The fourth-order valence-corrected chi connectivity index (χ4v) is 6.18. The Bertz CT molecular complexity index is 1510. The molecule has 1 fully saturated rings. The number of rotatable bonds is 1. The van der Waals surface area contributed by atoms with Crippen LogP contribution in [0.3, 0.4) is 0 Å². The number of fused-ring (bicyclic) bond motifs is 9. The van der Waals surface area contributed by atoms with E-state index in [4.69, 9.17) is 10.1 Å². The molecular weight excluding hydrogens is 615 g/mol. The average Bonchev–Trinajstić information content (AvgIpc) is 3.11. The van der Waals surface area contributed by atoms with Gasteiger partial charge in [0, 0.05) is 37.9 Å². The average molecular weight is 641 g/mol. The second-order valence-corrected chi connectivity index (χ2v) is 10.2. The quantitative estimate of drug-likeness (QED) is 0.198. The first-order valence-corrected chi connectivity index (χ1v) is 11.5. The monoisotopic (exact) mass is 641 g/mol. The Kier molecular flexibility index (Phi) is 6.08. The van der Waals surface area contributed by atoms with Gasteiger partial charge < -0.3 is 10.1 Å². The number of carbonyl (C=O) groups is 1. The van der Waals surface area contributed by atoms with Crippen LogP contribution in [0.15, 0.2) is 54.9 Å². The Hall–Kier alpha value is -3.13. The molecular formula is C29H26IrN3O2-. The van der Waals surface area contributed by atoms with Crippen molar-refractivity contribution in [3.8, 4) is 6.07 Å². The van der Waals surface area contributed by atoms with Crippen molar-refractivity contribution in [2.75, 3.05) is 0 Å². The molecule has 2 heterocycles. The number of benzene rings is 2. The maximum atomic E-state index is 10.1. The van der Waals surface area contributed by atoms with Crippen LogP contribution in [0.25, 0.3) is 21.7 Å². The topological polar surface area (TPSA) is 86.9 Å². The summed E-state index contributed by atoms with van der Waals surface area (Å²) in [6.07, 6.45) is 6.01. The number of carboxylic acids is 1. The third-order valence-electron chi connectivity index (χ3n) is 8.84. The summed E-state index contributed by atoms with van der Waals surface area (Å²) < 4.78 is 0. The maximum absolute atomic E-state index is 10.1. The molecule has 6 heteroatoms. The molecule has 2 aliphatic rings. The van der Waals surface area contributed by atoms with E-state index < -0.39 is 5.97 Å². The van der Waals surface area contributed by atoms with E-state index in [9.17, 15) is 10.1 Å². The molecule has 2 aromatic carbocycles. The van der Waals surface area contributed by atoms with Crippen LogP contribution in [-0.2, 0) is 30.9 Å². The number of carboxylic acid groups (broad SMARTS) is 1. The predicted molar refractivity (Wildman–Crippen MR) is 132 cm³/mol. The van der Waals surface area contributed by atoms with E-state index in [0.717, 1.165) is 16.3 Å². The molecule has 1 N–H and O–H groups in total. The summed E-state index contributed by atoms with van der Waals surface area (Å²) in [4.78, 5) is 18.6. The van der Waals surface area contributed by atoms with Crippen molar-refractivity contribution in [3.05, 3.63) is 83.3 Å². The number of hydrogen-bond donors (Lipinski definition) is 1. The third-order valence-corrected chi connectivity index (χ3v) is 8.84. The Labute approximate surface area is 218 Å².